The molecule has 1 aliphatic rings. The molecule has 0 aromatic heterocycles. The van der Waals surface area contributed by atoms with Crippen molar-refractivity contribution in [3.8, 4) is 5.75 Å². The molecule has 1 N–H and O–H groups in total. The van der Waals surface area contributed by atoms with Gasteiger partial charge in [0, 0.05) is 0 Å². The molecule has 1 unspecified atom stereocenters. The van der Waals surface area contributed by atoms with E-state index in [1.807, 2.05) is 13.0 Å². The number of hydrogen-bond donors (Lipinski definition) is 1. The highest BCUT2D eigenvalue weighted by atomic mass is 16.5. The molecule has 104 valence electrons. The van der Waals surface area contributed by atoms with Crippen LogP contribution in [-0.2, 0) is 24.1 Å². The molecule has 2 rings (SSSR count). The van der Waals surface area contributed by atoms with Crippen LogP contribution in [0.5, 0.6) is 5.75 Å². The van der Waals surface area contributed by atoms with E-state index in [1.54, 1.807) is 7.11 Å². The van der Waals surface area contributed by atoms with Crippen molar-refractivity contribution >= 4 is 5.97 Å². The molecule has 0 spiro atoms. The van der Waals surface area contributed by atoms with Gasteiger partial charge < -0.3 is 9.84 Å². The Kier molecular flexibility index (Phi) is 4.46. The summed E-state index contributed by atoms with van der Waals surface area (Å²) in [6.45, 7) is 1.94. The Morgan fingerprint density at radius 1 is 1.32 bits per heavy atom. The van der Waals surface area contributed by atoms with Crippen LogP contribution in [0, 0.1) is 5.92 Å². The van der Waals surface area contributed by atoms with E-state index in [2.05, 4.69) is 6.07 Å². The van der Waals surface area contributed by atoms with Crippen LogP contribution in [0.15, 0.2) is 12.1 Å². The summed E-state index contributed by atoms with van der Waals surface area (Å²) in [7, 11) is 1.70. The molecule has 0 saturated heterocycles. The van der Waals surface area contributed by atoms with Gasteiger partial charge in [0.15, 0.2) is 0 Å². The molecule has 1 aromatic rings. The third kappa shape index (κ3) is 2.91. The minimum Gasteiger partial charge on any atom is -0.496 e. The first-order valence-corrected chi connectivity index (χ1v) is 7.07. The summed E-state index contributed by atoms with van der Waals surface area (Å²) in [6, 6.07) is 4.04. The maximum absolute atomic E-state index is 11.2. The van der Waals surface area contributed by atoms with E-state index in [-0.39, 0.29) is 5.92 Å². The molecule has 0 amide bonds. The zero-order valence-corrected chi connectivity index (χ0v) is 11.7. The SMILES string of the molecule is CCC(Cc1ccc(OC)c2c1CCCC2)C(=O)O. The molecule has 3 nitrogen and oxygen atoms in total. The van der Waals surface area contributed by atoms with E-state index < -0.39 is 5.97 Å². The van der Waals surface area contributed by atoms with Crippen molar-refractivity contribution in [3.05, 3.63) is 28.8 Å². The molecule has 0 saturated carbocycles. The van der Waals surface area contributed by atoms with Crippen molar-refractivity contribution in [3.63, 3.8) is 0 Å². The quantitative estimate of drug-likeness (QED) is 0.886. The predicted molar refractivity (Wildman–Crippen MR) is 74.8 cm³/mol. The molecular formula is C16H22O3. The second kappa shape index (κ2) is 6.09. The topological polar surface area (TPSA) is 46.5 Å². The molecular weight excluding hydrogens is 240 g/mol. The molecule has 0 radical (unpaired) electrons. The van der Waals surface area contributed by atoms with Gasteiger partial charge in [-0.05, 0) is 61.3 Å². The lowest BCUT2D eigenvalue weighted by Crippen LogP contribution is -2.18. The normalized spacial score (nSPS) is 15.7. The fourth-order valence-electron chi connectivity index (χ4n) is 2.96. The molecule has 0 aliphatic heterocycles. The Labute approximate surface area is 114 Å². The maximum Gasteiger partial charge on any atom is 0.306 e. The summed E-state index contributed by atoms with van der Waals surface area (Å²) in [5, 5.41) is 9.21. The van der Waals surface area contributed by atoms with Gasteiger partial charge in [0.05, 0.1) is 13.0 Å². The molecule has 1 aromatic carbocycles. The largest absolute Gasteiger partial charge is 0.496 e. The highest BCUT2D eigenvalue weighted by Crippen LogP contribution is 2.33. The van der Waals surface area contributed by atoms with Gasteiger partial charge in [0.1, 0.15) is 5.75 Å². The summed E-state index contributed by atoms with van der Waals surface area (Å²) in [6.07, 6.45) is 5.81. The maximum atomic E-state index is 11.2. The zero-order chi connectivity index (χ0) is 13.8. The summed E-state index contributed by atoms with van der Waals surface area (Å²) >= 11 is 0. The molecule has 1 aliphatic carbocycles. The van der Waals surface area contributed by atoms with Gasteiger partial charge in [-0.1, -0.05) is 13.0 Å². The van der Waals surface area contributed by atoms with Crippen molar-refractivity contribution in [2.45, 2.75) is 45.4 Å². The summed E-state index contributed by atoms with van der Waals surface area (Å²) < 4.78 is 5.43. The van der Waals surface area contributed by atoms with Gasteiger partial charge in [-0.25, -0.2) is 0 Å². The van der Waals surface area contributed by atoms with Crippen molar-refractivity contribution in [2.75, 3.05) is 7.11 Å². The first-order chi connectivity index (χ1) is 9.17. The van der Waals surface area contributed by atoms with Crippen LogP contribution in [0.1, 0.15) is 42.9 Å². The van der Waals surface area contributed by atoms with Crippen LogP contribution in [0.2, 0.25) is 0 Å². The lowest BCUT2D eigenvalue weighted by molar-refractivity contribution is -0.141. The molecule has 0 bridgehead atoms. The van der Waals surface area contributed by atoms with Gasteiger partial charge in [-0.2, -0.15) is 0 Å². The highest BCUT2D eigenvalue weighted by Gasteiger charge is 2.21. The molecule has 19 heavy (non-hydrogen) atoms. The van der Waals surface area contributed by atoms with Crippen molar-refractivity contribution < 1.29 is 14.6 Å². The van der Waals surface area contributed by atoms with Gasteiger partial charge in [-0.15, -0.1) is 0 Å². The van der Waals surface area contributed by atoms with Crippen LogP contribution in [0.3, 0.4) is 0 Å². The van der Waals surface area contributed by atoms with Gasteiger partial charge >= 0.3 is 5.97 Å². The third-order valence-corrected chi connectivity index (χ3v) is 4.12. The van der Waals surface area contributed by atoms with E-state index in [0.717, 1.165) is 18.6 Å². The fourth-order valence-corrected chi connectivity index (χ4v) is 2.96. The van der Waals surface area contributed by atoms with Gasteiger partial charge in [0.2, 0.25) is 0 Å². The zero-order valence-electron chi connectivity index (χ0n) is 11.7. The highest BCUT2D eigenvalue weighted by molar-refractivity contribution is 5.70. The Morgan fingerprint density at radius 3 is 2.58 bits per heavy atom. The van der Waals surface area contributed by atoms with Crippen LogP contribution in [-0.4, -0.2) is 18.2 Å². The Balaban J connectivity index is 2.33. The van der Waals surface area contributed by atoms with Crippen LogP contribution >= 0.6 is 0 Å². The Morgan fingerprint density at radius 2 is 2.00 bits per heavy atom. The number of carbonyl (C=O) groups is 1. The third-order valence-electron chi connectivity index (χ3n) is 4.12. The van der Waals surface area contributed by atoms with E-state index in [0.29, 0.717) is 12.8 Å². The second-order valence-electron chi connectivity index (χ2n) is 5.24. The monoisotopic (exact) mass is 262 g/mol. The first kappa shape index (κ1) is 13.9. The van der Waals surface area contributed by atoms with Crippen molar-refractivity contribution in [1.29, 1.82) is 0 Å². The fraction of sp³-hybridized carbons (Fsp3) is 0.562. The standard InChI is InChI=1S/C16H22O3/c1-3-11(16(17)18)10-12-8-9-15(19-2)14-7-5-4-6-13(12)14/h8-9,11H,3-7,10H2,1-2H3,(H,17,18). The smallest absolute Gasteiger partial charge is 0.306 e. The average Bonchev–Trinajstić information content (AvgIpc) is 2.44. The second-order valence-corrected chi connectivity index (χ2v) is 5.24. The number of methoxy groups -OCH3 is 1. The lowest BCUT2D eigenvalue weighted by atomic mass is 9.84. The number of carboxylic acid groups (broad SMARTS) is 1. The van der Waals surface area contributed by atoms with E-state index in [1.165, 1.54) is 29.5 Å². The number of hydrogen-bond acceptors (Lipinski definition) is 2. The first-order valence-electron chi connectivity index (χ1n) is 7.07. The number of fused-ring (bicyclic) bond motifs is 1. The summed E-state index contributed by atoms with van der Waals surface area (Å²) in [4.78, 5) is 11.2. The van der Waals surface area contributed by atoms with Crippen LogP contribution < -0.4 is 4.74 Å². The van der Waals surface area contributed by atoms with E-state index in [4.69, 9.17) is 4.74 Å². The Bertz CT molecular complexity index is 465. The predicted octanol–water partition coefficient (Wildman–Crippen LogP) is 3.23. The molecule has 0 heterocycles. The van der Waals surface area contributed by atoms with Gasteiger partial charge in [0.25, 0.3) is 0 Å². The minimum atomic E-state index is -0.692. The molecule has 1 atom stereocenters. The Hall–Kier alpha value is -1.51. The summed E-state index contributed by atoms with van der Waals surface area (Å²) in [5.74, 6) is -0.0101. The summed E-state index contributed by atoms with van der Waals surface area (Å²) in [5.41, 5.74) is 3.83. The van der Waals surface area contributed by atoms with Gasteiger partial charge in [-0.3, -0.25) is 4.79 Å². The number of carboxylic acids is 1. The van der Waals surface area contributed by atoms with Crippen molar-refractivity contribution in [2.24, 2.45) is 5.92 Å². The average molecular weight is 262 g/mol. The van der Waals surface area contributed by atoms with Crippen molar-refractivity contribution in [1.82, 2.24) is 0 Å². The van der Waals surface area contributed by atoms with Crippen LogP contribution in [0.4, 0.5) is 0 Å². The minimum absolute atomic E-state index is 0.278. The van der Waals surface area contributed by atoms with E-state index >= 15 is 0 Å². The number of ether oxygens (including phenoxy) is 1. The molecule has 3 heteroatoms. The number of rotatable bonds is 5. The van der Waals surface area contributed by atoms with E-state index in [9.17, 15) is 9.90 Å². The number of aliphatic carboxylic acids is 1. The van der Waals surface area contributed by atoms with Crippen LogP contribution in [0.25, 0.3) is 0 Å². The lowest BCUT2D eigenvalue weighted by Gasteiger charge is -2.23. The molecule has 0 fully saturated rings. The number of benzene rings is 1.